The van der Waals surface area contributed by atoms with Gasteiger partial charge in [0.25, 0.3) is 0 Å². The van der Waals surface area contributed by atoms with Gasteiger partial charge in [-0.1, -0.05) is 86.7 Å². The summed E-state index contributed by atoms with van der Waals surface area (Å²) in [6.45, 7) is 4.58. The topological polar surface area (TPSA) is 12.0 Å². The van der Waals surface area contributed by atoms with Gasteiger partial charge in [0.1, 0.15) is 0 Å². The smallest absolute Gasteiger partial charge is 0.0560 e. The molecule has 1 nitrogen and oxygen atoms in total. The van der Waals surface area contributed by atoms with Crippen LogP contribution in [0.25, 0.3) is 10.8 Å². The molecule has 3 aromatic carbocycles. The zero-order valence-corrected chi connectivity index (χ0v) is 15.4. The quantitative estimate of drug-likeness (QED) is 0.507. The number of hydrogen-bond acceptors (Lipinski definition) is 1. The summed E-state index contributed by atoms with van der Waals surface area (Å²) in [5.74, 6) is 1.64. The van der Waals surface area contributed by atoms with Gasteiger partial charge in [-0.2, -0.15) is 0 Å². The van der Waals surface area contributed by atoms with Crippen LogP contribution in [0.5, 0.6) is 0 Å². The van der Waals surface area contributed by atoms with E-state index < -0.39 is 0 Å². The molecule has 0 fully saturated rings. The van der Waals surface area contributed by atoms with Gasteiger partial charge in [0, 0.05) is 11.6 Å². The van der Waals surface area contributed by atoms with Crippen LogP contribution in [0.4, 0.5) is 5.69 Å². The van der Waals surface area contributed by atoms with E-state index in [4.69, 9.17) is 0 Å². The fourth-order valence-corrected chi connectivity index (χ4v) is 4.96. The summed E-state index contributed by atoms with van der Waals surface area (Å²) in [5, 5.41) is 6.70. The van der Waals surface area contributed by atoms with Gasteiger partial charge in [0.2, 0.25) is 0 Å². The fourth-order valence-electron chi connectivity index (χ4n) is 4.96. The van der Waals surface area contributed by atoms with E-state index in [-0.39, 0.29) is 0 Å². The normalized spacial score (nSPS) is 23.7. The molecule has 0 spiro atoms. The van der Waals surface area contributed by atoms with Crippen LogP contribution in [0.3, 0.4) is 0 Å². The lowest BCUT2D eigenvalue weighted by molar-refractivity contribution is 0.426. The molecule has 0 amide bonds. The van der Waals surface area contributed by atoms with Crippen LogP contribution in [-0.4, -0.2) is 0 Å². The van der Waals surface area contributed by atoms with Crippen molar-refractivity contribution in [1.29, 1.82) is 0 Å². The molecule has 5 rings (SSSR count). The summed E-state index contributed by atoms with van der Waals surface area (Å²) < 4.78 is 0. The average molecular weight is 339 g/mol. The van der Waals surface area contributed by atoms with Crippen molar-refractivity contribution in [1.82, 2.24) is 0 Å². The predicted octanol–water partition coefficient (Wildman–Crippen LogP) is 6.79. The Morgan fingerprint density at radius 2 is 1.65 bits per heavy atom. The van der Waals surface area contributed by atoms with E-state index in [1.54, 1.807) is 0 Å². The molecule has 3 aromatic rings. The number of anilines is 1. The molecule has 0 saturated carbocycles. The van der Waals surface area contributed by atoms with E-state index in [2.05, 4.69) is 92.0 Å². The first kappa shape index (κ1) is 15.7. The molecule has 3 atom stereocenters. The highest BCUT2D eigenvalue weighted by molar-refractivity contribution is 5.87. The Bertz CT molecular complexity index is 993. The Morgan fingerprint density at radius 1 is 0.885 bits per heavy atom. The molecule has 1 heterocycles. The van der Waals surface area contributed by atoms with Crippen LogP contribution in [0.2, 0.25) is 0 Å². The summed E-state index contributed by atoms with van der Waals surface area (Å²) in [6, 6.07) is 22.7. The van der Waals surface area contributed by atoms with Crippen LogP contribution in [0, 0.1) is 5.92 Å². The molecule has 1 aliphatic carbocycles. The monoisotopic (exact) mass is 339 g/mol. The molecule has 1 N–H and O–H groups in total. The Labute approximate surface area is 155 Å². The molecule has 0 saturated heterocycles. The van der Waals surface area contributed by atoms with Crippen LogP contribution in [-0.2, 0) is 0 Å². The highest BCUT2D eigenvalue weighted by Crippen LogP contribution is 2.52. The molecule has 0 radical (unpaired) electrons. The second-order valence-electron chi connectivity index (χ2n) is 8.01. The summed E-state index contributed by atoms with van der Waals surface area (Å²) in [7, 11) is 0. The van der Waals surface area contributed by atoms with Crippen molar-refractivity contribution in [2.24, 2.45) is 5.92 Å². The molecule has 0 bridgehead atoms. The lowest BCUT2D eigenvalue weighted by Gasteiger charge is -2.39. The highest BCUT2D eigenvalue weighted by atomic mass is 15.0. The molecular weight excluding hydrogens is 314 g/mol. The predicted molar refractivity (Wildman–Crippen MR) is 111 cm³/mol. The minimum atomic E-state index is 0.355. The van der Waals surface area contributed by atoms with Crippen LogP contribution in [0.15, 0.2) is 72.8 Å². The highest BCUT2D eigenvalue weighted by Gasteiger charge is 2.39. The first-order chi connectivity index (χ1) is 12.7. The zero-order chi connectivity index (χ0) is 17.7. The molecule has 1 aliphatic heterocycles. The van der Waals surface area contributed by atoms with Crippen molar-refractivity contribution < 1.29 is 0 Å². The third kappa shape index (κ3) is 2.30. The van der Waals surface area contributed by atoms with Gasteiger partial charge in [-0.05, 0) is 45.7 Å². The molecule has 130 valence electrons. The largest absolute Gasteiger partial charge is 0.377 e. The van der Waals surface area contributed by atoms with Gasteiger partial charge in [0.05, 0.1) is 6.04 Å². The number of hydrogen-bond donors (Lipinski definition) is 1. The van der Waals surface area contributed by atoms with Crippen molar-refractivity contribution in [3.05, 3.63) is 89.5 Å². The van der Waals surface area contributed by atoms with Crippen molar-refractivity contribution in [2.45, 2.75) is 38.1 Å². The molecular formula is C25H25N. The van der Waals surface area contributed by atoms with Gasteiger partial charge in [-0.15, -0.1) is 0 Å². The van der Waals surface area contributed by atoms with E-state index in [9.17, 15) is 0 Å². The lowest BCUT2D eigenvalue weighted by Crippen LogP contribution is -2.30. The van der Waals surface area contributed by atoms with E-state index >= 15 is 0 Å². The van der Waals surface area contributed by atoms with Gasteiger partial charge < -0.3 is 5.32 Å². The van der Waals surface area contributed by atoms with Gasteiger partial charge >= 0.3 is 0 Å². The SMILES string of the molecule is CC(C)c1cccc2c1NC(c1cccc3ccccc13)C1CC=CC21. The van der Waals surface area contributed by atoms with Crippen molar-refractivity contribution in [2.75, 3.05) is 5.32 Å². The van der Waals surface area contributed by atoms with Crippen LogP contribution in [0.1, 0.15) is 54.8 Å². The number of nitrogens with one attached hydrogen (secondary N) is 1. The zero-order valence-electron chi connectivity index (χ0n) is 15.4. The molecule has 3 unspecified atom stereocenters. The number of para-hydroxylation sites is 1. The van der Waals surface area contributed by atoms with Crippen molar-refractivity contribution in [3.63, 3.8) is 0 Å². The molecule has 0 aromatic heterocycles. The number of allylic oxidation sites excluding steroid dienone is 2. The number of fused-ring (bicyclic) bond motifs is 4. The standard InChI is InChI=1S/C25H25N/c1-16(2)18-11-6-14-22-20-12-7-15-23(20)25(26-24(18)22)21-13-5-9-17-8-3-4-10-19(17)21/h3-14,16,20,23,25-26H,15H2,1-2H3. The van der Waals surface area contributed by atoms with Gasteiger partial charge in [-0.25, -0.2) is 0 Å². The minimum absolute atomic E-state index is 0.355. The third-order valence-corrected chi connectivity index (χ3v) is 6.21. The summed E-state index contributed by atoms with van der Waals surface area (Å²) in [5.41, 5.74) is 5.72. The maximum atomic E-state index is 3.99. The van der Waals surface area contributed by atoms with Crippen LogP contribution >= 0.6 is 0 Å². The van der Waals surface area contributed by atoms with Crippen molar-refractivity contribution in [3.8, 4) is 0 Å². The minimum Gasteiger partial charge on any atom is -0.377 e. The Hall–Kier alpha value is -2.54. The fraction of sp³-hybridized carbons (Fsp3) is 0.280. The molecule has 2 aliphatic rings. The first-order valence-corrected chi connectivity index (χ1v) is 9.77. The second kappa shape index (κ2) is 6.02. The second-order valence-corrected chi connectivity index (χ2v) is 8.01. The average Bonchev–Trinajstić information content (AvgIpc) is 3.16. The Morgan fingerprint density at radius 3 is 2.54 bits per heavy atom. The van der Waals surface area contributed by atoms with Gasteiger partial charge in [0.15, 0.2) is 0 Å². The summed E-state index contributed by atoms with van der Waals surface area (Å²) in [4.78, 5) is 0. The van der Waals surface area contributed by atoms with Gasteiger partial charge in [-0.3, -0.25) is 0 Å². The molecule has 26 heavy (non-hydrogen) atoms. The molecule has 1 heteroatoms. The lowest BCUT2D eigenvalue weighted by atomic mass is 9.75. The summed E-state index contributed by atoms with van der Waals surface area (Å²) >= 11 is 0. The van der Waals surface area contributed by atoms with Crippen molar-refractivity contribution >= 4 is 16.5 Å². The first-order valence-electron chi connectivity index (χ1n) is 9.77. The number of benzene rings is 3. The van der Waals surface area contributed by atoms with E-state index in [0.29, 0.717) is 23.8 Å². The van der Waals surface area contributed by atoms with E-state index in [0.717, 1.165) is 6.42 Å². The Balaban J connectivity index is 1.70. The maximum absolute atomic E-state index is 3.99. The third-order valence-electron chi connectivity index (χ3n) is 6.21. The number of rotatable bonds is 2. The summed E-state index contributed by atoms with van der Waals surface area (Å²) in [6.07, 6.45) is 5.97. The van der Waals surface area contributed by atoms with E-state index in [1.807, 2.05) is 0 Å². The Kier molecular flexibility index (Phi) is 3.63. The van der Waals surface area contributed by atoms with E-state index in [1.165, 1.54) is 33.2 Å². The maximum Gasteiger partial charge on any atom is 0.0560 e. The van der Waals surface area contributed by atoms with Crippen LogP contribution < -0.4 is 5.32 Å².